The Morgan fingerprint density at radius 1 is 1.48 bits per heavy atom. The molecule has 1 unspecified atom stereocenters. The second kappa shape index (κ2) is 7.64. The second-order valence-corrected chi connectivity index (χ2v) is 5.28. The smallest absolute Gasteiger partial charge is 0.128 e. The van der Waals surface area contributed by atoms with Gasteiger partial charge in [-0.25, -0.2) is 0 Å². The third-order valence-electron chi connectivity index (χ3n) is 3.77. The average Bonchev–Trinajstić information content (AvgIpc) is 2.52. The van der Waals surface area contributed by atoms with E-state index in [1.165, 1.54) is 0 Å². The number of hydrogen-bond donors (Lipinski definition) is 1. The van der Waals surface area contributed by atoms with Crippen LogP contribution in [0.4, 0.5) is 0 Å². The minimum atomic E-state index is -0.578. The summed E-state index contributed by atoms with van der Waals surface area (Å²) in [4.78, 5) is 2.35. The molecule has 1 aliphatic rings. The summed E-state index contributed by atoms with van der Waals surface area (Å²) in [5.41, 5.74) is 0.763. The van der Waals surface area contributed by atoms with Crippen molar-refractivity contribution in [3.05, 3.63) is 23.8 Å². The molecule has 21 heavy (non-hydrogen) atoms. The van der Waals surface area contributed by atoms with Gasteiger partial charge >= 0.3 is 0 Å². The zero-order valence-corrected chi connectivity index (χ0v) is 13.0. The molecule has 1 N–H and O–H groups in total. The van der Waals surface area contributed by atoms with Crippen LogP contribution in [0, 0.1) is 0 Å². The van der Waals surface area contributed by atoms with Crippen molar-refractivity contribution in [1.29, 1.82) is 0 Å². The van der Waals surface area contributed by atoms with Gasteiger partial charge in [-0.2, -0.15) is 0 Å². The van der Waals surface area contributed by atoms with E-state index in [0.717, 1.165) is 31.8 Å². The number of aliphatic hydroxyl groups excluding tert-OH is 1. The summed E-state index contributed by atoms with van der Waals surface area (Å²) >= 11 is 0. The van der Waals surface area contributed by atoms with E-state index in [9.17, 15) is 5.11 Å². The van der Waals surface area contributed by atoms with Crippen LogP contribution in [0.2, 0.25) is 0 Å². The van der Waals surface area contributed by atoms with Crippen LogP contribution < -0.4 is 9.47 Å². The molecule has 0 aliphatic carbocycles. The van der Waals surface area contributed by atoms with Crippen molar-refractivity contribution in [2.45, 2.75) is 26.1 Å². The van der Waals surface area contributed by atoms with Crippen LogP contribution in [0.5, 0.6) is 11.5 Å². The highest BCUT2D eigenvalue weighted by molar-refractivity contribution is 5.41. The van der Waals surface area contributed by atoms with Crippen molar-refractivity contribution in [3.8, 4) is 11.5 Å². The highest BCUT2D eigenvalue weighted by Crippen LogP contribution is 2.29. The first kappa shape index (κ1) is 16.1. The Balaban J connectivity index is 2.01. The lowest BCUT2D eigenvalue weighted by Crippen LogP contribution is -2.44. The molecular weight excluding hydrogens is 270 g/mol. The minimum absolute atomic E-state index is 0.0618. The number of methoxy groups -OCH3 is 1. The standard InChI is InChI=1S/C16H25NO4/c1-4-17-7-8-20-14(10-17)11-21-16-9-13(19-3)5-6-15(16)12(2)18/h5-6,9,12,14,18H,4,7-8,10-11H2,1-3H3/t12-,14?/m0/s1. The van der Waals surface area contributed by atoms with Crippen molar-refractivity contribution in [1.82, 2.24) is 4.90 Å². The highest BCUT2D eigenvalue weighted by Gasteiger charge is 2.20. The Morgan fingerprint density at radius 3 is 2.95 bits per heavy atom. The van der Waals surface area contributed by atoms with E-state index in [0.29, 0.717) is 18.1 Å². The molecule has 5 nitrogen and oxygen atoms in total. The number of benzene rings is 1. The Labute approximate surface area is 126 Å². The SMILES string of the molecule is CCN1CCOC(COc2cc(OC)ccc2[C@H](C)O)C1. The van der Waals surface area contributed by atoms with Crippen LogP contribution in [0.1, 0.15) is 25.5 Å². The summed E-state index contributed by atoms with van der Waals surface area (Å²) in [5, 5.41) is 9.82. The molecule has 0 bridgehead atoms. The number of nitrogens with zero attached hydrogens (tertiary/aromatic N) is 1. The summed E-state index contributed by atoms with van der Waals surface area (Å²) in [7, 11) is 1.62. The number of likely N-dealkylation sites (N-methyl/N-ethyl adjacent to an activating group) is 1. The van der Waals surface area contributed by atoms with Gasteiger partial charge in [-0.15, -0.1) is 0 Å². The third-order valence-corrected chi connectivity index (χ3v) is 3.77. The zero-order valence-electron chi connectivity index (χ0n) is 13.0. The van der Waals surface area contributed by atoms with Crippen molar-refractivity contribution >= 4 is 0 Å². The Morgan fingerprint density at radius 2 is 2.29 bits per heavy atom. The molecule has 5 heteroatoms. The molecule has 1 aliphatic heterocycles. The first-order chi connectivity index (χ1) is 10.1. The third kappa shape index (κ3) is 4.33. The van der Waals surface area contributed by atoms with E-state index in [1.807, 2.05) is 18.2 Å². The molecule has 2 rings (SSSR count). The number of rotatable bonds is 6. The summed E-state index contributed by atoms with van der Waals surface area (Å²) in [6, 6.07) is 5.46. The summed E-state index contributed by atoms with van der Waals surface area (Å²) in [6.07, 6.45) is -0.517. The van der Waals surface area contributed by atoms with Gasteiger partial charge in [0.05, 0.1) is 19.8 Å². The second-order valence-electron chi connectivity index (χ2n) is 5.28. The molecule has 1 heterocycles. The predicted octanol–water partition coefficient (Wildman–Crippen LogP) is 1.85. The van der Waals surface area contributed by atoms with E-state index in [-0.39, 0.29) is 6.10 Å². The van der Waals surface area contributed by atoms with Crippen LogP contribution >= 0.6 is 0 Å². The van der Waals surface area contributed by atoms with Gasteiger partial charge in [0.25, 0.3) is 0 Å². The fraction of sp³-hybridized carbons (Fsp3) is 0.625. The van der Waals surface area contributed by atoms with E-state index in [4.69, 9.17) is 14.2 Å². The molecule has 1 aromatic rings. The van der Waals surface area contributed by atoms with Crippen LogP contribution in [0.15, 0.2) is 18.2 Å². The predicted molar refractivity (Wildman–Crippen MR) is 81.0 cm³/mol. The van der Waals surface area contributed by atoms with Gasteiger partial charge in [0, 0.05) is 24.7 Å². The molecular formula is C16H25NO4. The Hall–Kier alpha value is -1.30. The molecule has 1 saturated heterocycles. The lowest BCUT2D eigenvalue weighted by molar-refractivity contribution is -0.0467. The normalized spacial score (nSPS) is 21.0. The van der Waals surface area contributed by atoms with Gasteiger partial charge in [0.1, 0.15) is 24.2 Å². The molecule has 0 saturated carbocycles. The van der Waals surface area contributed by atoms with Crippen molar-refractivity contribution < 1.29 is 19.3 Å². The van der Waals surface area contributed by atoms with E-state index >= 15 is 0 Å². The number of hydrogen-bond acceptors (Lipinski definition) is 5. The van der Waals surface area contributed by atoms with Crippen LogP contribution in [0.25, 0.3) is 0 Å². The maximum atomic E-state index is 9.82. The number of aliphatic hydroxyl groups is 1. The van der Waals surface area contributed by atoms with Crippen LogP contribution in [0.3, 0.4) is 0 Å². The molecule has 2 atom stereocenters. The lowest BCUT2D eigenvalue weighted by atomic mass is 10.1. The van der Waals surface area contributed by atoms with Gasteiger partial charge in [-0.1, -0.05) is 6.92 Å². The lowest BCUT2D eigenvalue weighted by Gasteiger charge is -2.32. The number of ether oxygens (including phenoxy) is 3. The summed E-state index contributed by atoms with van der Waals surface area (Å²) < 4.78 is 16.8. The molecule has 118 valence electrons. The fourth-order valence-corrected chi connectivity index (χ4v) is 2.46. The molecule has 0 amide bonds. The monoisotopic (exact) mass is 295 g/mol. The van der Waals surface area contributed by atoms with Crippen LogP contribution in [-0.4, -0.2) is 56.1 Å². The van der Waals surface area contributed by atoms with Crippen LogP contribution in [-0.2, 0) is 4.74 Å². The van der Waals surface area contributed by atoms with Crippen molar-refractivity contribution in [3.63, 3.8) is 0 Å². The molecule has 0 radical (unpaired) electrons. The maximum Gasteiger partial charge on any atom is 0.128 e. The van der Waals surface area contributed by atoms with E-state index < -0.39 is 6.10 Å². The topological polar surface area (TPSA) is 51.2 Å². The Bertz CT molecular complexity index is 450. The largest absolute Gasteiger partial charge is 0.497 e. The van der Waals surface area contributed by atoms with E-state index in [1.54, 1.807) is 14.0 Å². The van der Waals surface area contributed by atoms with E-state index in [2.05, 4.69) is 11.8 Å². The maximum absolute atomic E-state index is 9.82. The molecule has 0 aromatic heterocycles. The van der Waals surface area contributed by atoms with Gasteiger partial charge < -0.3 is 19.3 Å². The average molecular weight is 295 g/mol. The summed E-state index contributed by atoms with van der Waals surface area (Å²) in [6.45, 7) is 7.97. The minimum Gasteiger partial charge on any atom is -0.497 e. The van der Waals surface area contributed by atoms with Gasteiger partial charge in [0.15, 0.2) is 0 Å². The highest BCUT2D eigenvalue weighted by atomic mass is 16.5. The first-order valence-corrected chi connectivity index (χ1v) is 7.46. The van der Waals surface area contributed by atoms with Gasteiger partial charge in [0.2, 0.25) is 0 Å². The van der Waals surface area contributed by atoms with Crippen molar-refractivity contribution in [2.24, 2.45) is 0 Å². The first-order valence-electron chi connectivity index (χ1n) is 7.46. The zero-order chi connectivity index (χ0) is 15.2. The molecule has 1 aromatic carbocycles. The number of morpholine rings is 1. The summed E-state index contributed by atoms with van der Waals surface area (Å²) in [5.74, 6) is 1.37. The quantitative estimate of drug-likeness (QED) is 0.868. The Kier molecular flexibility index (Phi) is 5.85. The van der Waals surface area contributed by atoms with Crippen molar-refractivity contribution in [2.75, 3.05) is 40.0 Å². The molecule has 1 fully saturated rings. The molecule has 0 spiro atoms. The fourth-order valence-electron chi connectivity index (χ4n) is 2.46. The van der Waals surface area contributed by atoms with Gasteiger partial charge in [-0.05, 0) is 25.6 Å². The van der Waals surface area contributed by atoms with Gasteiger partial charge in [-0.3, -0.25) is 4.90 Å².